The number of benzene rings is 2. The molecule has 0 amide bonds. The maximum atomic E-state index is 10.2. The number of para-hydroxylation sites is 1. The first-order chi connectivity index (χ1) is 9.54. The molecule has 0 saturated heterocycles. The maximum absolute atomic E-state index is 10.2. The minimum atomic E-state index is 0.171. The maximum Gasteiger partial charge on any atom is 0.165 e. The molecule has 0 radical (unpaired) electrons. The van der Waals surface area contributed by atoms with Gasteiger partial charge in [0.2, 0.25) is 0 Å². The van der Waals surface area contributed by atoms with E-state index >= 15 is 0 Å². The highest BCUT2D eigenvalue weighted by atomic mass is 32.1. The van der Waals surface area contributed by atoms with E-state index in [0.717, 1.165) is 5.30 Å². The minimum absolute atomic E-state index is 0.171. The van der Waals surface area contributed by atoms with Crippen LogP contribution in [-0.4, -0.2) is 12.2 Å². The van der Waals surface area contributed by atoms with Crippen LogP contribution in [0, 0.1) is 6.92 Å². The molecule has 2 atom stereocenters. The Balaban J connectivity index is 2.45. The quantitative estimate of drug-likeness (QED) is 0.670. The van der Waals surface area contributed by atoms with E-state index in [1.54, 1.807) is 13.2 Å². The summed E-state index contributed by atoms with van der Waals surface area (Å²) in [5.74, 6) is 0.749. The molecule has 4 heteroatoms. The lowest BCUT2D eigenvalue weighted by Crippen LogP contribution is -2.13. The lowest BCUT2D eigenvalue weighted by molar-refractivity contribution is 0.375. The average molecular weight is 306 g/mol. The molecule has 0 aliphatic carbocycles. The van der Waals surface area contributed by atoms with Gasteiger partial charge in [-0.15, -0.1) is 0 Å². The zero-order valence-electron chi connectivity index (χ0n) is 11.8. The Labute approximate surface area is 127 Å². The molecule has 0 aliphatic heterocycles. The fourth-order valence-electron chi connectivity index (χ4n) is 2.13. The number of methoxy groups -OCH3 is 1. The van der Waals surface area contributed by atoms with E-state index in [1.165, 1.54) is 16.4 Å². The van der Waals surface area contributed by atoms with Gasteiger partial charge in [0.25, 0.3) is 0 Å². The van der Waals surface area contributed by atoms with Gasteiger partial charge in [-0.3, -0.25) is 0 Å². The summed E-state index contributed by atoms with van der Waals surface area (Å²) in [6.45, 7) is 4.16. The first kappa shape index (κ1) is 15.2. The van der Waals surface area contributed by atoms with Crippen molar-refractivity contribution < 1.29 is 9.84 Å². The predicted molar refractivity (Wildman–Crippen MR) is 90.8 cm³/mol. The third-order valence-corrected chi connectivity index (χ3v) is 5.12. The summed E-state index contributed by atoms with van der Waals surface area (Å²) >= 11 is 4.55. The molecule has 0 spiro atoms. The Morgan fingerprint density at radius 2 is 1.90 bits per heavy atom. The van der Waals surface area contributed by atoms with Crippen LogP contribution in [0.15, 0.2) is 36.4 Å². The van der Waals surface area contributed by atoms with Crippen molar-refractivity contribution in [2.45, 2.75) is 19.1 Å². The van der Waals surface area contributed by atoms with Crippen molar-refractivity contribution in [1.82, 2.24) is 0 Å². The smallest absolute Gasteiger partial charge is 0.165 e. The third-order valence-electron chi connectivity index (χ3n) is 3.23. The molecule has 2 aromatic rings. The predicted octanol–water partition coefficient (Wildman–Crippen LogP) is 3.33. The highest BCUT2D eigenvalue weighted by Gasteiger charge is 2.13. The second-order valence-electron chi connectivity index (χ2n) is 4.70. The second kappa shape index (κ2) is 6.51. The second-order valence-corrected chi connectivity index (χ2v) is 6.76. The van der Waals surface area contributed by atoms with Crippen LogP contribution >= 0.6 is 21.2 Å². The van der Waals surface area contributed by atoms with Crippen LogP contribution in [0.25, 0.3) is 0 Å². The van der Waals surface area contributed by atoms with Crippen LogP contribution in [-0.2, 0) is 0 Å². The third kappa shape index (κ3) is 3.11. The molecule has 0 heterocycles. The van der Waals surface area contributed by atoms with Crippen molar-refractivity contribution in [2.24, 2.45) is 0 Å². The van der Waals surface area contributed by atoms with E-state index in [1.807, 2.05) is 12.1 Å². The lowest BCUT2D eigenvalue weighted by atomic mass is 10.1. The van der Waals surface area contributed by atoms with Crippen molar-refractivity contribution in [3.63, 3.8) is 0 Å². The molecular weight excluding hydrogens is 287 g/mol. The Bertz CT molecular complexity index is 611. The van der Waals surface area contributed by atoms with E-state index in [9.17, 15) is 5.11 Å². The Hall–Kier alpha value is -1.18. The monoisotopic (exact) mass is 306 g/mol. The molecule has 2 nitrogen and oxygen atoms in total. The zero-order valence-corrected chi connectivity index (χ0v) is 13.7. The van der Waals surface area contributed by atoms with Gasteiger partial charge in [-0.2, -0.15) is 12.6 Å². The van der Waals surface area contributed by atoms with Gasteiger partial charge in [0.05, 0.1) is 7.11 Å². The number of hydrogen-bond donors (Lipinski definition) is 2. The van der Waals surface area contributed by atoms with Gasteiger partial charge >= 0.3 is 0 Å². The van der Waals surface area contributed by atoms with E-state index < -0.39 is 0 Å². The molecule has 0 aliphatic rings. The number of rotatable bonds is 4. The molecule has 20 heavy (non-hydrogen) atoms. The van der Waals surface area contributed by atoms with E-state index in [2.05, 4.69) is 44.7 Å². The molecule has 0 aromatic heterocycles. The normalized spacial score (nSPS) is 12.8. The van der Waals surface area contributed by atoms with Crippen molar-refractivity contribution in [3.05, 3.63) is 47.5 Å². The topological polar surface area (TPSA) is 29.5 Å². The van der Waals surface area contributed by atoms with Crippen molar-refractivity contribution in [1.29, 1.82) is 0 Å². The van der Waals surface area contributed by atoms with Crippen molar-refractivity contribution in [3.8, 4) is 11.5 Å². The number of phenolic OH excluding ortho intramolecular Hbond substituents is 1. The standard InChI is InChI=1S/C16H19O2PS/c1-10-6-4-7-12(11(2)20)16(10)19-14-9-5-8-13(18-3)15(14)17/h4-9,11,17,19-20H,1-3H3. The number of ether oxygens (including phenoxy) is 1. The van der Waals surface area contributed by atoms with Crippen LogP contribution < -0.4 is 15.3 Å². The zero-order chi connectivity index (χ0) is 14.7. The van der Waals surface area contributed by atoms with E-state index in [-0.39, 0.29) is 11.0 Å². The largest absolute Gasteiger partial charge is 0.504 e. The molecule has 0 fully saturated rings. The fourth-order valence-corrected chi connectivity index (χ4v) is 3.88. The summed E-state index contributed by atoms with van der Waals surface area (Å²) in [6.07, 6.45) is 0. The number of thiol groups is 1. The van der Waals surface area contributed by atoms with Crippen LogP contribution in [0.4, 0.5) is 0 Å². The summed E-state index contributed by atoms with van der Waals surface area (Å²) in [5, 5.41) is 12.6. The Morgan fingerprint density at radius 1 is 1.20 bits per heavy atom. The minimum Gasteiger partial charge on any atom is -0.504 e. The summed E-state index contributed by atoms with van der Waals surface area (Å²) in [6, 6.07) is 11.9. The van der Waals surface area contributed by atoms with Crippen LogP contribution in [0.5, 0.6) is 11.5 Å². The van der Waals surface area contributed by atoms with Crippen LogP contribution in [0.3, 0.4) is 0 Å². The van der Waals surface area contributed by atoms with Crippen molar-refractivity contribution in [2.75, 3.05) is 7.11 Å². The highest BCUT2D eigenvalue weighted by Crippen LogP contribution is 2.31. The molecule has 2 aromatic carbocycles. The van der Waals surface area contributed by atoms with E-state index in [0.29, 0.717) is 14.3 Å². The molecular formula is C16H19O2PS. The lowest BCUT2D eigenvalue weighted by Gasteiger charge is -2.16. The number of hydrogen-bond acceptors (Lipinski definition) is 3. The van der Waals surface area contributed by atoms with Crippen molar-refractivity contribution >= 4 is 31.8 Å². The number of aryl methyl sites for hydroxylation is 1. The summed E-state index contributed by atoms with van der Waals surface area (Å²) in [4.78, 5) is 0. The molecule has 2 unspecified atom stereocenters. The van der Waals surface area contributed by atoms with Gasteiger partial charge in [0, 0.05) is 10.6 Å². The first-order valence-corrected chi connectivity index (χ1v) is 7.96. The van der Waals surface area contributed by atoms with Gasteiger partial charge in [0.15, 0.2) is 11.5 Å². The molecule has 1 N–H and O–H groups in total. The van der Waals surface area contributed by atoms with Crippen LogP contribution in [0.1, 0.15) is 23.3 Å². The highest BCUT2D eigenvalue weighted by molar-refractivity contribution is 7.80. The van der Waals surface area contributed by atoms with Gasteiger partial charge in [0.1, 0.15) is 0 Å². The van der Waals surface area contributed by atoms with Gasteiger partial charge in [-0.25, -0.2) is 0 Å². The summed E-state index contributed by atoms with van der Waals surface area (Å²) in [5.41, 5.74) is 2.44. The molecule has 0 bridgehead atoms. The Kier molecular flexibility index (Phi) is 4.95. The summed E-state index contributed by atoms with van der Waals surface area (Å²) < 4.78 is 5.17. The molecule has 0 saturated carbocycles. The fraction of sp³-hybridized carbons (Fsp3) is 0.250. The van der Waals surface area contributed by atoms with Gasteiger partial charge < -0.3 is 9.84 Å². The molecule has 106 valence electrons. The first-order valence-electron chi connectivity index (χ1n) is 6.45. The van der Waals surface area contributed by atoms with Crippen LogP contribution in [0.2, 0.25) is 0 Å². The van der Waals surface area contributed by atoms with Gasteiger partial charge in [-0.05, 0) is 36.3 Å². The summed E-state index contributed by atoms with van der Waals surface area (Å²) in [7, 11) is 1.95. The molecule has 2 rings (SSSR count). The number of aromatic hydroxyl groups is 1. The van der Waals surface area contributed by atoms with Gasteiger partial charge in [-0.1, -0.05) is 38.9 Å². The number of phenols is 1. The SMILES string of the molecule is COc1cccc(Pc2c(C)cccc2C(C)S)c1O. The van der Waals surface area contributed by atoms with E-state index in [4.69, 9.17) is 4.74 Å². The average Bonchev–Trinajstić information content (AvgIpc) is 2.42. The Morgan fingerprint density at radius 3 is 2.55 bits per heavy atom.